The largest absolute Gasteiger partial charge is 0.523 e. The summed E-state index contributed by atoms with van der Waals surface area (Å²) in [4.78, 5) is -0.915. The van der Waals surface area contributed by atoms with Crippen molar-refractivity contribution < 1.29 is 38.4 Å². The fourth-order valence-corrected chi connectivity index (χ4v) is 7.86. The highest BCUT2D eigenvalue weighted by Crippen LogP contribution is 2.81. The molecule has 0 amide bonds. The molecule has 0 radical (unpaired) electrons. The van der Waals surface area contributed by atoms with Gasteiger partial charge in [0.1, 0.15) is 0 Å². The van der Waals surface area contributed by atoms with E-state index in [0.717, 1.165) is 12.1 Å². The number of allylic oxidation sites excluding steroid dienone is 1. The summed E-state index contributed by atoms with van der Waals surface area (Å²) in [6.07, 6.45) is 2.87. The highest BCUT2D eigenvalue weighted by molar-refractivity contribution is 8.37. The van der Waals surface area contributed by atoms with Gasteiger partial charge in [0.2, 0.25) is 0 Å². The Morgan fingerprint density at radius 2 is 1.78 bits per heavy atom. The van der Waals surface area contributed by atoms with E-state index >= 15 is 0 Å². The molecule has 0 saturated heterocycles. The summed E-state index contributed by atoms with van der Waals surface area (Å²) in [5, 5.41) is 0. The van der Waals surface area contributed by atoms with Crippen LogP contribution in [0.3, 0.4) is 0 Å². The molecule has 1 aliphatic carbocycles. The predicted octanol–water partition coefficient (Wildman–Crippen LogP) is 5.87. The minimum Gasteiger partial charge on any atom is -0.196 e. The molecule has 0 bridgehead atoms. The van der Waals surface area contributed by atoms with Crippen molar-refractivity contribution in [1.29, 1.82) is 0 Å². The lowest BCUT2D eigenvalue weighted by Crippen LogP contribution is -2.32. The van der Waals surface area contributed by atoms with E-state index in [4.69, 9.17) is 0 Å². The Balaban J connectivity index is 2.25. The lowest BCUT2D eigenvalue weighted by atomic mass is 10.1. The zero-order valence-electron chi connectivity index (χ0n) is 14.0. The van der Waals surface area contributed by atoms with Crippen LogP contribution in [0.15, 0.2) is 28.0 Å². The molecule has 1 fully saturated rings. The molecule has 1 unspecified atom stereocenters. The van der Waals surface area contributed by atoms with Gasteiger partial charge >= 0.3 is 21.1 Å². The van der Waals surface area contributed by atoms with Gasteiger partial charge in [-0.1, -0.05) is 25.5 Å². The third kappa shape index (κ3) is 3.38. The summed E-state index contributed by atoms with van der Waals surface area (Å²) < 4.78 is 109. The zero-order valence-corrected chi connectivity index (χ0v) is 15.7. The molecule has 11 heteroatoms. The SMILES string of the molecule is CCCc1ccc2c(c1)S(OS(=O)(=O)C(F)(F)F)(C(F)(F)F)C(C1CC1)=C2. The van der Waals surface area contributed by atoms with Crippen LogP contribution in [0.25, 0.3) is 6.08 Å². The summed E-state index contributed by atoms with van der Waals surface area (Å²) >= 11 is 0. The summed E-state index contributed by atoms with van der Waals surface area (Å²) in [5.41, 5.74) is -10.7. The van der Waals surface area contributed by atoms with Crippen LogP contribution >= 0.6 is 10.3 Å². The Morgan fingerprint density at radius 1 is 1.15 bits per heavy atom. The highest BCUT2D eigenvalue weighted by atomic mass is 32.3. The van der Waals surface area contributed by atoms with E-state index in [2.05, 4.69) is 3.63 Å². The third-order valence-corrected chi connectivity index (χ3v) is 9.18. The van der Waals surface area contributed by atoms with Gasteiger partial charge in [0.15, 0.2) is 0 Å². The third-order valence-electron chi connectivity index (χ3n) is 4.34. The number of aryl methyl sites for hydroxylation is 1. The molecule has 152 valence electrons. The predicted molar refractivity (Wildman–Crippen MR) is 89.1 cm³/mol. The molecule has 1 aromatic carbocycles. The first kappa shape index (κ1) is 20.5. The summed E-state index contributed by atoms with van der Waals surface area (Å²) in [5.74, 6) is -0.632. The molecule has 3 nitrogen and oxygen atoms in total. The Kier molecular flexibility index (Phi) is 4.88. The fourth-order valence-electron chi connectivity index (χ4n) is 3.02. The van der Waals surface area contributed by atoms with Crippen molar-refractivity contribution in [2.75, 3.05) is 0 Å². The van der Waals surface area contributed by atoms with Crippen molar-refractivity contribution in [3.8, 4) is 0 Å². The first-order chi connectivity index (χ1) is 12.3. The average molecular weight is 434 g/mol. The average Bonchev–Trinajstić information content (AvgIpc) is 3.30. The number of halogens is 6. The van der Waals surface area contributed by atoms with Crippen LogP contribution in [0.2, 0.25) is 0 Å². The van der Waals surface area contributed by atoms with Crippen molar-refractivity contribution in [3.63, 3.8) is 0 Å². The number of benzene rings is 1. The van der Waals surface area contributed by atoms with E-state index in [9.17, 15) is 34.8 Å². The van der Waals surface area contributed by atoms with Gasteiger partial charge in [-0.2, -0.15) is 38.4 Å². The van der Waals surface area contributed by atoms with Gasteiger partial charge in [-0.25, -0.2) is 0 Å². The van der Waals surface area contributed by atoms with Crippen LogP contribution in [0, 0.1) is 5.92 Å². The second-order valence-electron chi connectivity index (χ2n) is 6.41. The quantitative estimate of drug-likeness (QED) is 0.430. The molecule has 1 aliphatic heterocycles. The molecule has 1 atom stereocenters. The lowest BCUT2D eigenvalue weighted by Gasteiger charge is -2.39. The number of fused-ring (bicyclic) bond motifs is 1. The van der Waals surface area contributed by atoms with Crippen LogP contribution in [-0.2, 0) is 20.2 Å². The van der Waals surface area contributed by atoms with Crippen LogP contribution in [-0.4, -0.2) is 19.4 Å². The van der Waals surface area contributed by atoms with Crippen LogP contribution in [0.5, 0.6) is 0 Å². The van der Waals surface area contributed by atoms with Crippen molar-refractivity contribution >= 4 is 26.5 Å². The van der Waals surface area contributed by atoms with Gasteiger partial charge in [-0.05, 0) is 48.4 Å². The van der Waals surface area contributed by atoms with E-state index in [-0.39, 0.29) is 5.56 Å². The van der Waals surface area contributed by atoms with E-state index < -0.39 is 47.2 Å². The molecular formula is C16H16F6O3S2. The maximum Gasteiger partial charge on any atom is 0.523 e. The van der Waals surface area contributed by atoms with Gasteiger partial charge in [0, 0.05) is 20.1 Å². The Bertz CT molecular complexity index is 884. The Morgan fingerprint density at radius 3 is 2.26 bits per heavy atom. The monoisotopic (exact) mass is 434 g/mol. The normalized spacial score (nSPS) is 25.7. The summed E-state index contributed by atoms with van der Waals surface area (Å²) in [6.45, 7) is 1.80. The van der Waals surface area contributed by atoms with E-state index in [0.29, 0.717) is 31.2 Å². The van der Waals surface area contributed by atoms with Gasteiger partial charge in [0.25, 0.3) is 0 Å². The van der Waals surface area contributed by atoms with Gasteiger partial charge in [-0.3, -0.25) is 0 Å². The Hall–Kier alpha value is -1.20. The fraction of sp³-hybridized carbons (Fsp3) is 0.500. The van der Waals surface area contributed by atoms with Gasteiger partial charge in [-0.15, -0.1) is 0 Å². The molecule has 1 aromatic rings. The van der Waals surface area contributed by atoms with E-state index in [1.54, 1.807) is 13.0 Å². The number of hydrogen-bond donors (Lipinski definition) is 0. The molecule has 0 spiro atoms. The molecule has 27 heavy (non-hydrogen) atoms. The zero-order chi connectivity index (χ0) is 20.3. The molecule has 2 aliphatic rings. The standard InChI is InChI=1S/C16H16F6O3S2/c1-2-3-10-4-5-12-9-14(11-6-7-11)26(13(12)8-10,15(17,18)19)25-27(23,24)16(20,21)22/h4-5,8-9,11H,2-3,6-7H2,1H3. The first-order valence-electron chi connectivity index (χ1n) is 8.10. The van der Waals surface area contributed by atoms with Crippen LogP contribution in [0.1, 0.15) is 37.3 Å². The number of alkyl halides is 6. The number of hydrogen-bond acceptors (Lipinski definition) is 3. The molecule has 3 rings (SSSR count). The summed E-state index contributed by atoms with van der Waals surface area (Å²) in [7, 11) is -11.3. The van der Waals surface area contributed by atoms with Crippen molar-refractivity contribution in [2.45, 2.75) is 48.5 Å². The molecular weight excluding hydrogens is 418 g/mol. The maximum absolute atomic E-state index is 14.2. The highest BCUT2D eigenvalue weighted by Gasteiger charge is 2.65. The second-order valence-corrected chi connectivity index (χ2v) is 10.8. The van der Waals surface area contributed by atoms with Crippen molar-refractivity contribution in [3.05, 3.63) is 34.2 Å². The Labute approximate surface area is 154 Å². The van der Waals surface area contributed by atoms with Gasteiger partial charge < -0.3 is 0 Å². The first-order valence-corrected chi connectivity index (χ1v) is 11.1. The van der Waals surface area contributed by atoms with Gasteiger partial charge in [0.05, 0.1) is 0 Å². The van der Waals surface area contributed by atoms with Crippen molar-refractivity contribution in [2.24, 2.45) is 5.92 Å². The molecule has 1 saturated carbocycles. The van der Waals surface area contributed by atoms with E-state index in [1.165, 1.54) is 6.07 Å². The van der Waals surface area contributed by atoms with Crippen molar-refractivity contribution in [1.82, 2.24) is 0 Å². The number of rotatable bonds is 5. The van der Waals surface area contributed by atoms with Crippen LogP contribution < -0.4 is 0 Å². The topological polar surface area (TPSA) is 43.4 Å². The lowest BCUT2D eigenvalue weighted by molar-refractivity contribution is -0.0546. The second kappa shape index (κ2) is 6.41. The van der Waals surface area contributed by atoms with Crippen LogP contribution in [0.4, 0.5) is 26.3 Å². The maximum atomic E-state index is 14.2. The molecule has 0 aromatic heterocycles. The molecule has 0 N–H and O–H groups in total. The smallest absolute Gasteiger partial charge is 0.196 e. The minimum absolute atomic E-state index is 0.0569. The molecule has 1 heterocycles. The minimum atomic E-state index is -6.45. The van der Waals surface area contributed by atoms with E-state index in [1.807, 2.05) is 0 Å². The summed E-state index contributed by atoms with van der Waals surface area (Å²) in [6, 6.07) is 4.11.